The van der Waals surface area contributed by atoms with Crippen LogP contribution in [0.5, 0.6) is 5.75 Å². The quantitative estimate of drug-likeness (QED) is 0.906. The Bertz CT molecular complexity index is 506. The number of ether oxygens (including phenoxy) is 1. The van der Waals surface area contributed by atoms with E-state index in [4.69, 9.17) is 4.74 Å². The zero-order chi connectivity index (χ0) is 14.5. The molecule has 2 rings (SSSR count). The predicted molar refractivity (Wildman–Crippen MR) is 77.2 cm³/mol. The first-order chi connectivity index (χ1) is 9.63. The highest BCUT2D eigenvalue weighted by Crippen LogP contribution is 2.21. The van der Waals surface area contributed by atoms with Crippen LogP contribution >= 0.6 is 11.8 Å². The van der Waals surface area contributed by atoms with E-state index in [2.05, 4.69) is 0 Å². The summed E-state index contributed by atoms with van der Waals surface area (Å²) in [6.07, 6.45) is 0.165. The summed E-state index contributed by atoms with van der Waals surface area (Å²) in [4.78, 5) is 25.0. The predicted octanol–water partition coefficient (Wildman–Crippen LogP) is 1.27. The lowest BCUT2D eigenvalue weighted by Crippen LogP contribution is -2.50. The second-order valence-electron chi connectivity index (χ2n) is 4.50. The summed E-state index contributed by atoms with van der Waals surface area (Å²) in [6.45, 7) is 0.482. The highest BCUT2D eigenvalue weighted by Gasteiger charge is 2.32. The van der Waals surface area contributed by atoms with E-state index in [-0.39, 0.29) is 12.3 Å². The van der Waals surface area contributed by atoms with Crippen LogP contribution in [0.4, 0.5) is 0 Å². The fourth-order valence-electron chi connectivity index (χ4n) is 2.22. The maximum atomic E-state index is 12.3. The number of hydrogen-bond acceptors (Lipinski definition) is 4. The third kappa shape index (κ3) is 3.25. The third-order valence-corrected chi connectivity index (χ3v) is 4.29. The number of carbonyl (C=O) groups is 2. The van der Waals surface area contributed by atoms with E-state index in [1.54, 1.807) is 24.9 Å². The number of carboxylic acids is 1. The van der Waals surface area contributed by atoms with Gasteiger partial charge in [0.1, 0.15) is 11.8 Å². The number of aliphatic carboxylic acids is 1. The summed E-state index contributed by atoms with van der Waals surface area (Å²) in [5, 5.41) is 9.19. The van der Waals surface area contributed by atoms with Gasteiger partial charge >= 0.3 is 5.97 Å². The number of hydrogen-bond donors (Lipinski definition) is 1. The fourth-order valence-corrected chi connectivity index (χ4v) is 3.26. The first kappa shape index (κ1) is 14.7. The molecular formula is C14H17NO4S. The Morgan fingerprint density at radius 1 is 1.45 bits per heavy atom. The number of nitrogens with zero attached hydrogens (tertiary/aromatic N) is 1. The second kappa shape index (κ2) is 6.65. The van der Waals surface area contributed by atoms with Crippen LogP contribution in [0.2, 0.25) is 0 Å². The average molecular weight is 295 g/mol. The van der Waals surface area contributed by atoms with Gasteiger partial charge in [0.25, 0.3) is 0 Å². The Morgan fingerprint density at radius 2 is 2.20 bits per heavy atom. The molecule has 1 aromatic rings. The Morgan fingerprint density at radius 3 is 2.90 bits per heavy atom. The molecular weight excluding hydrogens is 278 g/mol. The van der Waals surface area contributed by atoms with Gasteiger partial charge in [-0.3, -0.25) is 4.79 Å². The molecule has 1 aliphatic rings. The van der Waals surface area contributed by atoms with Crippen LogP contribution in [-0.4, -0.2) is 53.1 Å². The Hall–Kier alpha value is -1.69. The minimum Gasteiger partial charge on any atom is -0.496 e. The SMILES string of the molecule is COc1ccccc1CC(=O)N1CCSCC1C(=O)O. The van der Waals surface area contributed by atoms with Gasteiger partial charge in [-0.25, -0.2) is 4.79 Å². The topological polar surface area (TPSA) is 66.8 Å². The van der Waals surface area contributed by atoms with Crippen LogP contribution in [0, 0.1) is 0 Å². The molecule has 1 atom stereocenters. The van der Waals surface area contributed by atoms with E-state index in [0.29, 0.717) is 18.0 Å². The summed E-state index contributed by atoms with van der Waals surface area (Å²) in [6, 6.07) is 6.57. The molecule has 1 aliphatic heterocycles. The van der Waals surface area contributed by atoms with E-state index in [1.807, 2.05) is 18.2 Å². The zero-order valence-corrected chi connectivity index (χ0v) is 12.1. The molecule has 0 spiro atoms. The summed E-state index contributed by atoms with van der Waals surface area (Å²) in [5.41, 5.74) is 0.780. The van der Waals surface area contributed by atoms with Gasteiger partial charge in [-0.2, -0.15) is 11.8 Å². The van der Waals surface area contributed by atoms with Gasteiger partial charge in [-0.15, -0.1) is 0 Å². The lowest BCUT2D eigenvalue weighted by molar-refractivity contribution is -0.149. The lowest BCUT2D eigenvalue weighted by atomic mass is 10.1. The number of carbonyl (C=O) groups excluding carboxylic acids is 1. The molecule has 0 aromatic heterocycles. The highest BCUT2D eigenvalue weighted by molar-refractivity contribution is 7.99. The van der Waals surface area contributed by atoms with Gasteiger partial charge in [0.2, 0.25) is 5.91 Å². The molecule has 0 aliphatic carbocycles. The van der Waals surface area contributed by atoms with Crippen molar-refractivity contribution in [2.24, 2.45) is 0 Å². The van der Waals surface area contributed by atoms with Gasteiger partial charge in [-0.1, -0.05) is 18.2 Å². The van der Waals surface area contributed by atoms with Gasteiger partial charge in [0.15, 0.2) is 0 Å². The van der Waals surface area contributed by atoms with Gasteiger partial charge < -0.3 is 14.7 Å². The van der Waals surface area contributed by atoms with Crippen molar-refractivity contribution in [2.75, 3.05) is 25.2 Å². The van der Waals surface area contributed by atoms with Crippen LogP contribution in [0.3, 0.4) is 0 Å². The van der Waals surface area contributed by atoms with Crippen molar-refractivity contribution < 1.29 is 19.4 Å². The minimum absolute atomic E-state index is 0.165. The Labute approximate surface area is 121 Å². The Balaban J connectivity index is 2.12. The number of thioether (sulfide) groups is 1. The van der Waals surface area contributed by atoms with E-state index < -0.39 is 12.0 Å². The molecule has 0 bridgehead atoms. The molecule has 0 saturated carbocycles. The molecule has 6 heteroatoms. The van der Waals surface area contributed by atoms with Crippen LogP contribution in [0.25, 0.3) is 0 Å². The molecule has 1 unspecified atom stereocenters. The molecule has 5 nitrogen and oxygen atoms in total. The van der Waals surface area contributed by atoms with Gasteiger partial charge in [0.05, 0.1) is 13.5 Å². The van der Waals surface area contributed by atoms with Crippen LogP contribution < -0.4 is 4.74 Å². The van der Waals surface area contributed by atoms with Gasteiger partial charge in [0, 0.05) is 23.6 Å². The van der Waals surface area contributed by atoms with Crippen LogP contribution in [0.15, 0.2) is 24.3 Å². The first-order valence-corrected chi connectivity index (χ1v) is 7.51. The van der Waals surface area contributed by atoms with Crippen molar-refractivity contribution >= 4 is 23.6 Å². The number of amides is 1. The maximum absolute atomic E-state index is 12.3. The summed E-state index contributed by atoms with van der Waals surface area (Å²) >= 11 is 1.57. The van der Waals surface area contributed by atoms with Crippen molar-refractivity contribution in [3.8, 4) is 5.75 Å². The average Bonchev–Trinajstić information content (AvgIpc) is 2.47. The summed E-state index contributed by atoms with van der Waals surface area (Å²) in [7, 11) is 1.56. The molecule has 1 fully saturated rings. The van der Waals surface area contributed by atoms with Crippen molar-refractivity contribution in [1.29, 1.82) is 0 Å². The van der Waals surface area contributed by atoms with Crippen LogP contribution in [0.1, 0.15) is 5.56 Å². The zero-order valence-electron chi connectivity index (χ0n) is 11.2. The Kier molecular flexibility index (Phi) is 4.89. The highest BCUT2D eigenvalue weighted by atomic mass is 32.2. The molecule has 108 valence electrons. The van der Waals surface area contributed by atoms with Crippen molar-refractivity contribution in [1.82, 2.24) is 4.90 Å². The van der Waals surface area contributed by atoms with Crippen molar-refractivity contribution in [2.45, 2.75) is 12.5 Å². The van der Waals surface area contributed by atoms with E-state index in [9.17, 15) is 14.7 Å². The first-order valence-electron chi connectivity index (χ1n) is 6.35. The van der Waals surface area contributed by atoms with E-state index in [1.165, 1.54) is 4.90 Å². The molecule has 0 radical (unpaired) electrons. The molecule has 20 heavy (non-hydrogen) atoms. The minimum atomic E-state index is -0.939. The number of rotatable bonds is 4. The molecule has 1 N–H and O–H groups in total. The molecule has 1 saturated heterocycles. The normalized spacial score (nSPS) is 18.6. The smallest absolute Gasteiger partial charge is 0.327 e. The molecule has 1 heterocycles. The van der Waals surface area contributed by atoms with Crippen molar-refractivity contribution in [3.05, 3.63) is 29.8 Å². The third-order valence-electron chi connectivity index (χ3n) is 3.27. The number of carboxylic acid groups (broad SMARTS) is 1. The summed E-state index contributed by atoms with van der Waals surface area (Å²) < 4.78 is 5.22. The van der Waals surface area contributed by atoms with E-state index in [0.717, 1.165) is 11.3 Å². The van der Waals surface area contributed by atoms with E-state index >= 15 is 0 Å². The number of para-hydroxylation sites is 1. The van der Waals surface area contributed by atoms with Crippen LogP contribution in [-0.2, 0) is 16.0 Å². The van der Waals surface area contributed by atoms with Gasteiger partial charge in [-0.05, 0) is 6.07 Å². The maximum Gasteiger partial charge on any atom is 0.327 e. The second-order valence-corrected chi connectivity index (χ2v) is 5.65. The number of methoxy groups -OCH3 is 1. The standard InChI is InChI=1S/C14H17NO4S/c1-19-12-5-3-2-4-10(12)8-13(16)15-6-7-20-9-11(15)14(17)18/h2-5,11H,6-9H2,1H3,(H,17,18). The molecule has 1 amide bonds. The number of benzene rings is 1. The largest absolute Gasteiger partial charge is 0.496 e. The fraction of sp³-hybridized carbons (Fsp3) is 0.429. The molecule has 1 aromatic carbocycles. The van der Waals surface area contributed by atoms with Crippen molar-refractivity contribution in [3.63, 3.8) is 0 Å². The summed E-state index contributed by atoms with van der Waals surface area (Å²) in [5.74, 6) is 0.779. The lowest BCUT2D eigenvalue weighted by Gasteiger charge is -2.32. The monoisotopic (exact) mass is 295 g/mol.